The van der Waals surface area contributed by atoms with Gasteiger partial charge in [-0.15, -0.1) is 0 Å². The van der Waals surface area contributed by atoms with Crippen molar-refractivity contribution < 1.29 is 4.21 Å². The van der Waals surface area contributed by atoms with E-state index in [1.54, 1.807) is 0 Å². The van der Waals surface area contributed by atoms with Crippen LogP contribution in [-0.4, -0.2) is 8.96 Å². The van der Waals surface area contributed by atoms with Gasteiger partial charge < -0.3 is 0 Å². The molecule has 0 heterocycles. The smallest absolute Gasteiger partial charge is 0.0975 e. The van der Waals surface area contributed by atoms with Crippen molar-refractivity contribution in [3.8, 4) is 0 Å². The second kappa shape index (κ2) is 5.63. The SMILES string of the molecule is Cc1cc([C@H](C)NS(=O)C(C)(C)C)ccc1Br. The van der Waals surface area contributed by atoms with Crippen LogP contribution >= 0.6 is 15.9 Å². The minimum absolute atomic E-state index is 0.0851. The lowest BCUT2D eigenvalue weighted by molar-refractivity contribution is 0.616. The molecular formula is C13H20BrNOS. The summed E-state index contributed by atoms with van der Waals surface area (Å²) in [5.41, 5.74) is 2.35. The van der Waals surface area contributed by atoms with E-state index in [0.717, 1.165) is 10.0 Å². The van der Waals surface area contributed by atoms with Crippen LogP contribution in [0.5, 0.6) is 0 Å². The molecule has 96 valence electrons. The standard InChI is InChI=1S/C13H20BrNOS/c1-9-8-11(6-7-12(9)14)10(2)15-17(16)13(3,4)5/h6-8,10,15H,1-5H3/t10-,17?/m0/s1. The van der Waals surface area contributed by atoms with Crippen LogP contribution in [0.25, 0.3) is 0 Å². The van der Waals surface area contributed by atoms with Crippen molar-refractivity contribution in [3.05, 3.63) is 33.8 Å². The number of rotatable bonds is 3. The van der Waals surface area contributed by atoms with Crippen LogP contribution in [0.15, 0.2) is 22.7 Å². The highest BCUT2D eigenvalue weighted by Gasteiger charge is 2.21. The van der Waals surface area contributed by atoms with E-state index in [4.69, 9.17) is 0 Å². The molecule has 0 saturated heterocycles. The largest absolute Gasteiger partial charge is 0.242 e. The maximum Gasteiger partial charge on any atom is 0.0975 e. The van der Waals surface area contributed by atoms with Gasteiger partial charge in [-0.3, -0.25) is 0 Å². The predicted molar refractivity (Wildman–Crippen MR) is 78.3 cm³/mol. The van der Waals surface area contributed by atoms with E-state index < -0.39 is 11.0 Å². The first-order valence-corrected chi connectivity index (χ1v) is 7.60. The molecule has 0 spiro atoms. The van der Waals surface area contributed by atoms with Gasteiger partial charge in [0.15, 0.2) is 0 Å². The molecule has 1 unspecified atom stereocenters. The van der Waals surface area contributed by atoms with Gasteiger partial charge in [-0.2, -0.15) is 0 Å². The third kappa shape index (κ3) is 4.19. The minimum Gasteiger partial charge on any atom is -0.242 e. The Hall–Kier alpha value is -0.190. The topological polar surface area (TPSA) is 29.1 Å². The lowest BCUT2D eigenvalue weighted by Gasteiger charge is -2.22. The Kier molecular flexibility index (Phi) is 4.93. The number of hydrogen-bond donors (Lipinski definition) is 1. The monoisotopic (exact) mass is 317 g/mol. The van der Waals surface area contributed by atoms with Gasteiger partial charge >= 0.3 is 0 Å². The number of hydrogen-bond acceptors (Lipinski definition) is 1. The second-order valence-electron chi connectivity index (χ2n) is 5.23. The summed E-state index contributed by atoms with van der Waals surface area (Å²) < 4.78 is 16.0. The summed E-state index contributed by atoms with van der Waals surface area (Å²) in [6.07, 6.45) is 0. The average molecular weight is 318 g/mol. The molecule has 1 N–H and O–H groups in total. The van der Waals surface area contributed by atoms with Crippen molar-refractivity contribution in [2.75, 3.05) is 0 Å². The minimum atomic E-state index is -1.04. The van der Waals surface area contributed by atoms with Crippen LogP contribution in [-0.2, 0) is 11.0 Å². The van der Waals surface area contributed by atoms with Crippen molar-refractivity contribution in [1.29, 1.82) is 0 Å². The summed E-state index contributed by atoms with van der Waals surface area (Å²) >= 11 is 3.48. The predicted octanol–water partition coefficient (Wildman–Crippen LogP) is 3.87. The fourth-order valence-corrected chi connectivity index (χ4v) is 2.40. The number of nitrogens with one attached hydrogen (secondary N) is 1. The van der Waals surface area contributed by atoms with Gasteiger partial charge in [0.2, 0.25) is 0 Å². The zero-order chi connectivity index (χ0) is 13.2. The summed E-state index contributed by atoms with van der Waals surface area (Å²) in [5.74, 6) is 0. The molecule has 0 amide bonds. The third-order valence-electron chi connectivity index (χ3n) is 2.52. The quantitative estimate of drug-likeness (QED) is 0.900. The zero-order valence-electron chi connectivity index (χ0n) is 11.0. The van der Waals surface area contributed by atoms with Gasteiger partial charge in [-0.1, -0.05) is 28.1 Å². The van der Waals surface area contributed by atoms with Crippen molar-refractivity contribution in [2.45, 2.75) is 45.4 Å². The van der Waals surface area contributed by atoms with E-state index in [2.05, 4.69) is 39.7 Å². The molecular weight excluding hydrogens is 298 g/mol. The average Bonchev–Trinajstić information content (AvgIpc) is 2.20. The maximum absolute atomic E-state index is 12.0. The molecule has 0 radical (unpaired) electrons. The lowest BCUT2D eigenvalue weighted by atomic mass is 10.1. The summed E-state index contributed by atoms with van der Waals surface area (Å²) in [7, 11) is -1.04. The molecule has 0 fully saturated rings. The fraction of sp³-hybridized carbons (Fsp3) is 0.538. The molecule has 1 aromatic carbocycles. The Labute approximate surface area is 115 Å². The number of halogens is 1. The summed E-state index contributed by atoms with van der Waals surface area (Å²) in [4.78, 5) is 0. The molecule has 0 aromatic heterocycles. The molecule has 17 heavy (non-hydrogen) atoms. The fourth-order valence-electron chi connectivity index (χ4n) is 1.34. The molecule has 4 heteroatoms. The normalized spacial score (nSPS) is 15.6. The summed E-state index contributed by atoms with van der Waals surface area (Å²) in [6.45, 7) is 9.99. The van der Waals surface area contributed by atoms with Crippen LogP contribution in [0.2, 0.25) is 0 Å². The van der Waals surface area contributed by atoms with E-state index in [1.165, 1.54) is 5.56 Å². The molecule has 0 aliphatic rings. The Morgan fingerprint density at radius 1 is 1.35 bits per heavy atom. The highest BCUT2D eigenvalue weighted by molar-refractivity contribution is 9.10. The van der Waals surface area contributed by atoms with Crippen LogP contribution in [0.1, 0.15) is 44.9 Å². The first-order valence-electron chi connectivity index (χ1n) is 5.66. The highest BCUT2D eigenvalue weighted by Crippen LogP contribution is 2.22. The molecule has 2 atom stereocenters. The Bertz CT molecular complexity index is 426. The van der Waals surface area contributed by atoms with Crippen LogP contribution in [0.4, 0.5) is 0 Å². The summed E-state index contributed by atoms with van der Waals surface area (Å²) in [5, 5.41) is 0. The third-order valence-corrected chi connectivity index (χ3v) is 5.09. The molecule has 0 saturated carbocycles. The first kappa shape index (κ1) is 14.9. The lowest BCUT2D eigenvalue weighted by Crippen LogP contribution is -2.34. The zero-order valence-corrected chi connectivity index (χ0v) is 13.4. The molecule has 0 bridgehead atoms. The van der Waals surface area contributed by atoms with Gasteiger partial charge in [0.05, 0.1) is 15.7 Å². The van der Waals surface area contributed by atoms with E-state index in [9.17, 15) is 4.21 Å². The second-order valence-corrected chi connectivity index (χ2v) is 8.08. The molecule has 2 nitrogen and oxygen atoms in total. The van der Waals surface area contributed by atoms with Crippen LogP contribution < -0.4 is 4.72 Å². The van der Waals surface area contributed by atoms with E-state index >= 15 is 0 Å². The highest BCUT2D eigenvalue weighted by atomic mass is 79.9. The Balaban J connectivity index is 2.80. The molecule has 0 aliphatic heterocycles. The van der Waals surface area contributed by atoms with E-state index in [0.29, 0.717) is 0 Å². The maximum atomic E-state index is 12.0. The van der Waals surface area contributed by atoms with Gasteiger partial charge in [-0.05, 0) is 51.8 Å². The Morgan fingerprint density at radius 2 is 1.94 bits per heavy atom. The van der Waals surface area contributed by atoms with E-state index in [1.807, 2.05) is 33.8 Å². The molecule has 0 aliphatic carbocycles. The van der Waals surface area contributed by atoms with Crippen LogP contribution in [0.3, 0.4) is 0 Å². The van der Waals surface area contributed by atoms with Crippen molar-refractivity contribution in [1.82, 2.24) is 4.72 Å². The van der Waals surface area contributed by atoms with E-state index in [-0.39, 0.29) is 10.8 Å². The molecule has 1 rings (SSSR count). The van der Waals surface area contributed by atoms with Crippen molar-refractivity contribution in [2.24, 2.45) is 0 Å². The summed E-state index contributed by atoms with van der Waals surface area (Å²) in [6, 6.07) is 6.28. The van der Waals surface area contributed by atoms with Gasteiger partial charge in [0.25, 0.3) is 0 Å². The number of benzene rings is 1. The first-order chi connectivity index (χ1) is 7.71. The number of aryl methyl sites for hydroxylation is 1. The van der Waals surface area contributed by atoms with Crippen molar-refractivity contribution >= 4 is 26.9 Å². The van der Waals surface area contributed by atoms with Crippen molar-refractivity contribution in [3.63, 3.8) is 0 Å². The molecule has 1 aromatic rings. The van der Waals surface area contributed by atoms with Crippen LogP contribution in [0, 0.1) is 6.92 Å². The van der Waals surface area contributed by atoms with Gasteiger partial charge in [0.1, 0.15) is 0 Å². The van der Waals surface area contributed by atoms with Gasteiger partial charge in [-0.25, -0.2) is 8.93 Å². The van der Waals surface area contributed by atoms with Gasteiger partial charge in [0, 0.05) is 10.5 Å². The Morgan fingerprint density at radius 3 is 2.41 bits per heavy atom.